The van der Waals surface area contributed by atoms with Gasteiger partial charge in [0.15, 0.2) is 0 Å². The number of piperazine rings is 1. The summed E-state index contributed by atoms with van der Waals surface area (Å²) < 4.78 is 0. The monoisotopic (exact) mass is 315 g/mol. The van der Waals surface area contributed by atoms with Gasteiger partial charge in [0.1, 0.15) is 5.54 Å². The van der Waals surface area contributed by atoms with Gasteiger partial charge in [0, 0.05) is 32.7 Å². The molecule has 3 rings (SSSR count). The fraction of sp³-hybridized carbons (Fsp3) is 0.632. The normalized spacial score (nSPS) is 22.3. The van der Waals surface area contributed by atoms with Crippen LogP contribution in [0.5, 0.6) is 0 Å². The predicted molar refractivity (Wildman–Crippen MR) is 93.5 cm³/mol. The third-order valence-electron chi connectivity index (χ3n) is 5.79. The van der Waals surface area contributed by atoms with Crippen LogP contribution in [0.1, 0.15) is 35.1 Å². The molecule has 1 spiro atoms. The highest BCUT2D eigenvalue weighted by Crippen LogP contribution is 2.31. The van der Waals surface area contributed by atoms with E-state index in [1.807, 2.05) is 0 Å². The summed E-state index contributed by atoms with van der Waals surface area (Å²) in [6, 6.07) is 4.55. The number of piperidine rings is 1. The molecule has 4 heteroatoms. The van der Waals surface area contributed by atoms with Gasteiger partial charge in [0.2, 0.25) is 5.91 Å². The molecule has 0 aliphatic carbocycles. The van der Waals surface area contributed by atoms with E-state index in [0.29, 0.717) is 0 Å². The summed E-state index contributed by atoms with van der Waals surface area (Å²) in [6.45, 7) is 11.3. The number of aryl methyl sites for hydroxylation is 3. The van der Waals surface area contributed by atoms with Crippen LogP contribution in [0.15, 0.2) is 12.1 Å². The summed E-state index contributed by atoms with van der Waals surface area (Å²) >= 11 is 0. The molecule has 0 atom stereocenters. The Bertz CT molecular complexity index is 580. The summed E-state index contributed by atoms with van der Waals surface area (Å²) in [6.07, 6.45) is 1.86. The number of carbonyl (C=O) groups excluding carboxylic acids is 1. The molecule has 1 aromatic rings. The number of amides is 1. The largest absolute Gasteiger partial charge is 0.353 e. The van der Waals surface area contributed by atoms with E-state index < -0.39 is 0 Å². The van der Waals surface area contributed by atoms with Crippen molar-refractivity contribution >= 4 is 5.91 Å². The fourth-order valence-corrected chi connectivity index (χ4v) is 4.26. The van der Waals surface area contributed by atoms with Crippen molar-refractivity contribution in [1.82, 2.24) is 15.1 Å². The number of benzene rings is 1. The van der Waals surface area contributed by atoms with Crippen LogP contribution in [-0.2, 0) is 11.3 Å². The number of likely N-dealkylation sites (N-methyl/N-ethyl adjacent to an activating group) is 1. The maximum Gasteiger partial charge on any atom is 0.240 e. The van der Waals surface area contributed by atoms with Crippen LogP contribution in [-0.4, -0.2) is 54.5 Å². The second kappa shape index (κ2) is 6.25. The van der Waals surface area contributed by atoms with Gasteiger partial charge < -0.3 is 5.32 Å². The van der Waals surface area contributed by atoms with Gasteiger partial charge >= 0.3 is 0 Å². The van der Waals surface area contributed by atoms with Crippen LogP contribution in [0.2, 0.25) is 0 Å². The molecule has 0 unspecified atom stereocenters. The Labute approximate surface area is 139 Å². The first kappa shape index (κ1) is 16.5. The van der Waals surface area contributed by atoms with Gasteiger partial charge in [0.25, 0.3) is 0 Å². The minimum absolute atomic E-state index is 0.230. The molecular weight excluding hydrogens is 286 g/mol. The second-order valence-electron chi connectivity index (χ2n) is 7.36. The zero-order chi connectivity index (χ0) is 16.6. The SMILES string of the molecule is Cc1cc(C)c(CN2CCC3(CC2)C(=O)NCCN3C)c(C)c1. The van der Waals surface area contributed by atoms with Crippen LogP contribution < -0.4 is 5.32 Å². The quantitative estimate of drug-likeness (QED) is 0.907. The Morgan fingerprint density at radius 2 is 1.70 bits per heavy atom. The van der Waals surface area contributed by atoms with Crippen molar-refractivity contribution in [2.24, 2.45) is 0 Å². The summed E-state index contributed by atoms with van der Waals surface area (Å²) in [5.41, 5.74) is 5.28. The first-order valence-corrected chi connectivity index (χ1v) is 8.71. The van der Waals surface area contributed by atoms with Gasteiger partial charge in [0.05, 0.1) is 0 Å². The molecular formula is C19H29N3O. The predicted octanol–water partition coefficient (Wildman–Crippen LogP) is 2.01. The zero-order valence-corrected chi connectivity index (χ0v) is 14.9. The zero-order valence-electron chi connectivity index (χ0n) is 14.9. The average molecular weight is 315 g/mol. The number of nitrogens with zero attached hydrogens (tertiary/aromatic N) is 2. The van der Waals surface area contributed by atoms with Crippen molar-refractivity contribution in [3.05, 3.63) is 34.4 Å². The maximum atomic E-state index is 12.4. The first-order chi connectivity index (χ1) is 10.9. The van der Waals surface area contributed by atoms with E-state index in [4.69, 9.17) is 0 Å². The third kappa shape index (κ3) is 3.02. The number of rotatable bonds is 2. The van der Waals surface area contributed by atoms with Gasteiger partial charge in [-0.25, -0.2) is 0 Å². The molecule has 23 heavy (non-hydrogen) atoms. The summed E-state index contributed by atoms with van der Waals surface area (Å²) in [4.78, 5) is 17.2. The van der Waals surface area contributed by atoms with Gasteiger partial charge in [-0.05, 0) is 57.4 Å². The Hall–Kier alpha value is -1.39. The van der Waals surface area contributed by atoms with E-state index in [9.17, 15) is 4.79 Å². The van der Waals surface area contributed by atoms with E-state index in [1.54, 1.807) is 0 Å². The van der Waals surface area contributed by atoms with Crippen molar-refractivity contribution < 1.29 is 4.79 Å². The topological polar surface area (TPSA) is 35.6 Å². The highest BCUT2D eigenvalue weighted by molar-refractivity contribution is 5.87. The van der Waals surface area contributed by atoms with E-state index in [-0.39, 0.29) is 11.4 Å². The van der Waals surface area contributed by atoms with Crippen LogP contribution in [0.25, 0.3) is 0 Å². The molecule has 0 radical (unpaired) electrons. The van der Waals surface area contributed by atoms with Gasteiger partial charge in [-0.1, -0.05) is 17.7 Å². The lowest BCUT2D eigenvalue weighted by atomic mass is 9.83. The minimum Gasteiger partial charge on any atom is -0.353 e. The van der Waals surface area contributed by atoms with E-state index in [2.05, 4.69) is 55.1 Å². The Kier molecular flexibility index (Phi) is 4.47. The first-order valence-electron chi connectivity index (χ1n) is 8.71. The van der Waals surface area contributed by atoms with Crippen LogP contribution in [0, 0.1) is 20.8 Å². The molecule has 0 aromatic heterocycles. The molecule has 2 fully saturated rings. The Balaban J connectivity index is 1.69. The average Bonchev–Trinajstić information content (AvgIpc) is 2.50. The summed E-state index contributed by atoms with van der Waals surface area (Å²) in [5.74, 6) is 0.230. The number of nitrogens with one attached hydrogen (secondary N) is 1. The van der Waals surface area contributed by atoms with Crippen LogP contribution in [0.3, 0.4) is 0 Å². The summed E-state index contributed by atoms with van der Waals surface area (Å²) in [7, 11) is 2.10. The number of carbonyl (C=O) groups is 1. The molecule has 1 aromatic carbocycles. The number of likely N-dealkylation sites (tertiary alicyclic amines) is 1. The highest BCUT2D eigenvalue weighted by Gasteiger charge is 2.46. The Morgan fingerprint density at radius 3 is 2.26 bits per heavy atom. The molecule has 1 N–H and O–H groups in total. The molecule has 0 bridgehead atoms. The third-order valence-corrected chi connectivity index (χ3v) is 5.79. The van der Waals surface area contributed by atoms with Crippen LogP contribution >= 0.6 is 0 Å². The van der Waals surface area contributed by atoms with Crippen molar-refractivity contribution in [2.45, 2.75) is 45.7 Å². The van der Waals surface area contributed by atoms with Gasteiger partial charge in [-0.2, -0.15) is 0 Å². The van der Waals surface area contributed by atoms with Gasteiger partial charge in [-0.15, -0.1) is 0 Å². The Morgan fingerprint density at radius 1 is 1.09 bits per heavy atom. The molecule has 2 aliphatic heterocycles. The number of hydrogen-bond acceptors (Lipinski definition) is 3. The molecule has 4 nitrogen and oxygen atoms in total. The molecule has 0 saturated carbocycles. The van der Waals surface area contributed by atoms with E-state index >= 15 is 0 Å². The van der Waals surface area contributed by atoms with Crippen molar-refractivity contribution in [3.63, 3.8) is 0 Å². The maximum absolute atomic E-state index is 12.4. The lowest BCUT2D eigenvalue weighted by Crippen LogP contribution is -2.66. The summed E-state index contributed by atoms with van der Waals surface area (Å²) in [5, 5.41) is 3.06. The van der Waals surface area contributed by atoms with E-state index in [0.717, 1.165) is 45.6 Å². The smallest absolute Gasteiger partial charge is 0.240 e. The second-order valence-corrected chi connectivity index (χ2v) is 7.36. The molecule has 2 saturated heterocycles. The van der Waals surface area contributed by atoms with Crippen LogP contribution in [0.4, 0.5) is 0 Å². The number of hydrogen-bond donors (Lipinski definition) is 1. The standard InChI is InChI=1S/C19H29N3O/c1-14-11-15(2)17(16(3)12-14)13-22-8-5-19(6-9-22)18(23)20-7-10-21(19)4/h11-12H,5-10,13H2,1-4H3,(H,20,23). The molecule has 126 valence electrons. The van der Waals surface area contributed by atoms with Crippen molar-refractivity contribution in [3.8, 4) is 0 Å². The minimum atomic E-state index is -0.272. The highest BCUT2D eigenvalue weighted by atomic mass is 16.2. The van der Waals surface area contributed by atoms with Gasteiger partial charge in [-0.3, -0.25) is 14.6 Å². The molecule has 2 heterocycles. The molecule has 1 amide bonds. The van der Waals surface area contributed by atoms with Crippen molar-refractivity contribution in [2.75, 3.05) is 33.2 Å². The lowest BCUT2D eigenvalue weighted by molar-refractivity contribution is -0.140. The van der Waals surface area contributed by atoms with Crippen molar-refractivity contribution in [1.29, 1.82) is 0 Å². The fourth-order valence-electron chi connectivity index (χ4n) is 4.26. The van der Waals surface area contributed by atoms with E-state index in [1.165, 1.54) is 22.3 Å². The molecule has 2 aliphatic rings. The lowest BCUT2D eigenvalue weighted by Gasteiger charge is -2.48.